The number of nitrogens with two attached hydrogens (primary N) is 1. The van der Waals surface area contributed by atoms with E-state index in [9.17, 15) is 8.42 Å². The van der Waals surface area contributed by atoms with Crippen molar-refractivity contribution in [2.75, 3.05) is 43.1 Å². The molecule has 0 aliphatic carbocycles. The van der Waals surface area contributed by atoms with E-state index < -0.39 is 9.84 Å². The molecule has 5 nitrogen and oxygen atoms in total. The first-order valence-electron chi connectivity index (χ1n) is 7.19. The topological polar surface area (TPSA) is 66.6 Å². The Morgan fingerprint density at radius 2 is 1.67 bits per heavy atom. The molecule has 1 saturated heterocycles. The lowest BCUT2D eigenvalue weighted by atomic mass is 10.0. The molecule has 118 valence electrons. The van der Waals surface area contributed by atoms with Gasteiger partial charge in [0.05, 0.1) is 16.3 Å². The molecule has 1 aromatic carbocycles. The molecular weight excluding hydrogens is 286 g/mol. The van der Waals surface area contributed by atoms with Crippen molar-refractivity contribution in [2.45, 2.75) is 31.2 Å². The van der Waals surface area contributed by atoms with Crippen LogP contribution >= 0.6 is 0 Å². The number of benzene rings is 1. The van der Waals surface area contributed by atoms with Crippen LogP contribution in [0.1, 0.15) is 20.8 Å². The summed E-state index contributed by atoms with van der Waals surface area (Å²) < 4.78 is 23.5. The summed E-state index contributed by atoms with van der Waals surface area (Å²) in [6, 6.07) is 5.23. The largest absolute Gasteiger partial charge is 0.396 e. The molecule has 0 aromatic heterocycles. The minimum absolute atomic E-state index is 0.159. The normalized spacial score (nSPS) is 18.0. The van der Waals surface area contributed by atoms with Crippen LogP contribution in [-0.2, 0) is 9.84 Å². The number of hydrogen-bond donors (Lipinski definition) is 1. The first-order chi connectivity index (χ1) is 9.60. The summed E-state index contributed by atoms with van der Waals surface area (Å²) in [5.74, 6) is 0. The molecule has 0 bridgehead atoms. The number of anilines is 2. The van der Waals surface area contributed by atoms with E-state index in [-0.39, 0.29) is 10.4 Å². The van der Waals surface area contributed by atoms with Gasteiger partial charge in [-0.15, -0.1) is 0 Å². The van der Waals surface area contributed by atoms with Gasteiger partial charge in [-0.2, -0.15) is 0 Å². The standard InChI is InChI=1S/C15H25N3O2S/c1-15(2,3)18-10-8-17(9-11-18)12-6-5-7-13(14(12)16)21(4,19)20/h5-7H,8-11,16H2,1-4H3. The van der Waals surface area contributed by atoms with Crippen LogP contribution in [0.25, 0.3) is 0 Å². The van der Waals surface area contributed by atoms with Crippen LogP contribution < -0.4 is 10.6 Å². The zero-order valence-corrected chi connectivity index (χ0v) is 14.1. The van der Waals surface area contributed by atoms with E-state index in [2.05, 4.69) is 30.6 Å². The first kappa shape index (κ1) is 16.1. The van der Waals surface area contributed by atoms with Gasteiger partial charge in [-0.3, -0.25) is 4.90 Å². The van der Waals surface area contributed by atoms with Gasteiger partial charge in [0.15, 0.2) is 9.84 Å². The minimum Gasteiger partial charge on any atom is -0.396 e. The molecule has 1 aliphatic heterocycles. The molecule has 0 spiro atoms. The Bertz CT molecular complexity index is 612. The van der Waals surface area contributed by atoms with Crippen molar-refractivity contribution in [3.8, 4) is 0 Å². The third-order valence-corrected chi connectivity index (χ3v) is 5.17. The highest BCUT2D eigenvalue weighted by atomic mass is 32.2. The Morgan fingerprint density at radius 1 is 1.10 bits per heavy atom. The Morgan fingerprint density at radius 3 is 2.14 bits per heavy atom. The Kier molecular flexibility index (Phi) is 4.22. The Labute approximate surface area is 127 Å². The maximum absolute atomic E-state index is 11.8. The molecule has 0 radical (unpaired) electrons. The number of rotatable bonds is 2. The number of piperazine rings is 1. The second kappa shape index (κ2) is 5.50. The summed E-state index contributed by atoms with van der Waals surface area (Å²) in [6.45, 7) is 10.2. The average Bonchev–Trinajstić information content (AvgIpc) is 2.37. The second-order valence-corrected chi connectivity index (χ2v) is 8.59. The molecule has 6 heteroatoms. The van der Waals surface area contributed by atoms with Gasteiger partial charge in [-0.25, -0.2) is 8.42 Å². The van der Waals surface area contributed by atoms with Gasteiger partial charge >= 0.3 is 0 Å². The van der Waals surface area contributed by atoms with Gasteiger partial charge in [0.25, 0.3) is 0 Å². The number of hydrogen-bond acceptors (Lipinski definition) is 5. The average molecular weight is 311 g/mol. The van der Waals surface area contributed by atoms with Crippen LogP contribution in [0.3, 0.4) is 0 Å². The van der Waals surface area contributed by atoms with Gasteiger partial charge in [-0.05, 0) is 32.9 Å². The van der Waals surface area contributed by atoms with E-state index in [0.29, 0.717) is 5.69 Å². The molecule has 0 atom stereocenters. The first-order valence-corrected chi connectivity index (χ1v) is 9.08. The van der Waals surface area contributed by atoms with Gasteiger partial charge < -0.3 is 10.6 Å². The van der Waals surface area contributed by atoms with Gasteiger partial charge in [0.1, 0.15) is 0 Å². The van der Waals surface area contributed by atoms with Crippen molar-refractivity contribution in [3.63, 3.8) is 0 Å². The molecule has 0 amide bonds. The lowest BCUT2D eigenvalue weighted by Crippen LogP contribution is -2.53. The number of nitrogens with zero attached hydrogens (tertiary/aromatic N) is 2. The SMILES string of the molecule is CC(C)(C)N1CCN(c2cccc(S(C)(=O)=O)c2N)CC1. The Hall–Kier alpha value is -1.27. The van der Waals surface area contributed by atoms with E-state index >= 15 is 0 Å². The van der Waals surface area contributed by atoms with Crippen molar-refractivity contribution in [3.05, 3.63) is 18.2 Å². The van der Waals surface area contributed by atoms with E-state index in [4.69, 9.17) is 5.73 Å². The lowest BCUT2D eigenvalue weighted by Gasteiger charge is -2.43. The van der Waals surface area contributed by atoms with Crippen LogP contribution in [0.4, 0.5) is 11.4 Å². The van der Waals surface area contributed by atoms with Crippen molar-refractivity contribution < 1.29 is 8.42 Å². The molecular formula is C15H25N3O2S. The van der Waals surface area contributed by atoms with E-state index in [1.807, 2.05) is 6.07 Å². The summed E-state index contributed by atoms with van der Waals surface area (Å²) in [5, 5.41) is 0. The molecule has 0 unspecified atom stereocenters. The predicted octanol–water partition coefficient (Wildman–Crippen LogP) is 1.59. The van der Waals surface area contributed by atoms with Crippen LogP contribution in [0.2, 0.25) is 0 Å². The summed E-state index contributed by atoms with van der Waals surface area (Å²) >= 11 is 0. The molecule has 21 heavy (non-hydrogen) atoms. The van der Waals surface area contributed by atoms with Crippen LogP contribution in [0.5, 0.6) is 0 Å². The van der Waals surface area contributed by atoms with E-state index in [1.165, 1.54) is 6.26 Å². The Balaban J connectivity index is 2.22. The number of nitrogen functional groups attached to an aromatic ring is 1. The fraction of sp³-hybridized carbons (Fsp3) is 0.600. The third kappa shape index (κ3) is 3.49. The fourth-order valence-electron chi connectivity index (χ4n) is 2.75. The summed E-state index contributed by atoms with van der Waals surface area (Å²) in [5.41, 5.74) is 7.44. The summed E-state index contributed by atoms with van der Waals surface area (Å²) in [4.78, 5) is 4.82. The number of sulfone groups is 1. The monoisotopic (exact) mass is 311 g/mol. The van der Waals surface area contributed by atoms with Gasteiger partial charge in [0.2, 0.25) is 0 Å². The van der Waals surface area contributed by atoms with Crippen molar-refractivity contribution in [1.82, 2.24) is 4.90 Å². The van der Waals surface area contributed by atoms with Crippen LogP contribution in [0.15, 0.2) is 23.1 Å². The molecule has 1 heterocycles. The molecule has 1 aromatic rings. The number of para-hydroxylation sites is 1. The van der Waals surface area contributed by atoms with Crippen LogP contribution in [-0.4, -0.2) is 51.3 Å². The van der Waals surface area contributed by atoms with Crippen molar-refractivity contribution >= 4 is 21.2 Å². The molecule has 1 aliphatic rings. The molecule has 0 saturated carbocycles. The third-order valence-electron chi connectivity index (χ3n) is 4.01. The van der Waals surface area contributed by atoms with Crippen LogP contribution in [0, 0.1) is 0 Å². The van der Waals surface area contributed by atoms with Crippen molar-refractivity contribution in [1.29, 1.82) is 0 Å². The van der Waals surface area contributed by atoms with Crippen molar-refractivity contribution in [2.24, 2.45) is 0 Å². The molecule has 2 N–H and O–H groups in total. The predicted molar refractivity (Wildman–Crippen MR) is 87.5 cm³/mol. The lowest BCUT2D eigenvalue weighted by molar-refractivity contribution is 0.128. The minimum atomic E-state index is -3.29. The smallest absolute Gasteiger partial charge is 0.177 e. The zero-order chi connectivity index (χ0) is 15.8. The second-order valence-electron chi connectivity index (χ2n) is 6.61. The highest BCUT2D eigenvalue weighted by Crippen LogP contribution is 2.31. The maximum atomic E-state index is 11.8. The fourth-order valence-corrected chi connectivity index (χ4v) is 3.58. The van der Waals surface area contributed by atoms with Gasteiger partial charge in [0, 0.05) is 38.0 Å². The van der Waals surface area contributed by atoms with Gasteiger partial charge in [-0.1, -0.05) is 6.07 Å². The zero-order valence-electron chi connectivity index (χ0n) is 13.3. The quantitative estimate of drug-likeness (QED) is 0.840. The molecule has 2 rings (SSSR count). The highest BCUT2D eigenvalue weighted by Gasteiger charge is 2.27. The van der Waals surface area contributed by atoms with E-state index in [1.54, 1.807) is 12.1 Å². The maximum Gasteiger partial charge on any atom is 0.177 e. The highest BCUT2D eigenvalue weighted by molar-refractivity contribution is 7.90. The van der Waals surface area contributed by atoms with E-state index in [0.717, 1.165) is 31.9 Å². The molecule has 1 fully saturated rings. The summed E-state index contributed by atoms with van der Waals surface area (Å²) in [7, 11) is -3.29. The summed E-state index contributed by atoms with van der Waals surface area (Å²) in [6.07, 6.45) is 1.19.